The summed E-state index contributed by atoms with van der Waals surface area (Å²) >= 11 is 3.35. The number of carboxylic acid groups (broad SMARTS) is 1. The molecule has 0 aliphatic carbocycles. The number of halogens is 1. The Labute approximate surface area is 113 Å². The minimum absolute atomic E-state index is 0.0625. The summed E-state index contributed by atoms with van der Waals surface area (Å²) < 4.78 is 0.760. The SMILES string of the molecule is O=C(O)N1CCN(C(=O)c2ccccc2Br)CC1. The van der Waals surface area contributed by atoms with E-state index in [0.29, 0.717) is 31.7 Å². The number of hydrogen-bond acceptors (Lipinski definition) is 2. The third-order valence-electron chi connectivity index (χ3n) is 2.94. The summed E-state index contributed by atoms with van der Waals surface area (Å²) in [7, 11) is 0. The molecule has 1 aromatic carbocycles. The fraction of sp³-hybridized carbons (Fsp3) is 0.333. The van der Waals surface area contributed by atoms with Gasteiger partial charge in [-0.3, -0.25) is 4.79 Å². The van der Waals surface area contributed by atoms with Crippen LogP contribution < -0.4 is 0 Å². The van der Waals surface area contributed by atoms with Gasteiger partial charge in [0.2, 0.25) is 0 Å². The highest BCUT2D eigenvalue weighted by Crippen LogP contribution is 2.18. The highest BCUT2D eigenvalue weighted by Gasteiger charge is 2.25. The van der Waals surface area contributed by atoms with Gasteiger partial charge in [-0.2, -0.15) is 0 Å². The number of hydrogen-bond donors (Lipinski definition) is 1. The monoisotopic (exact) mass is 312 g/mol. The summed E-state index contributed by atoms with van der Waals surface area (Å²) in [6, 6.07) is 7.24. The average Bonchev–Trinajstić information content (AvgIpc) is 2.38. The van der Waals surface area contributed by atoms with E-state index in [9.17, 15) is 9.59 Å². The lowest BCUT2D eigenvalue weighted by atomic mass is 10.2. The zero-order valence-electron chi connectivity index (χ0n) is 9.67. The van der Waals surface area contributed by atoms with Crippen LogP contribution >= 0.6 is 15.9 Å². The molecule has 6 heteroatoms. The second-order valence-corrected chi connectivity index (χ2v) is 4.90. The van der Waals surface area contributed by atoms with Crippen LogP contribution in [0.4, 0.5) is 4.79 Å². The summed E-state index contributed by atoms with van der Waals surface area (Å²) in [6.45, 7) is 1.61. The molecule has 0 unspecified atom stereocenters. The molecule has 1 heterocycles. The number of amides is 2. The maximum Gasteiger partial charge on any atom is 0.407 e. The van der Waals surface area contributed by atoms with Gasteiger partial charge >= 0.3 is 6.09 Å². The van der Waals surface area contributed by atoms with Crippen LogP contribution in [0.5, 0.6) is 0 Å². The number of rotatable bonds is 1. The van der Waals surface area contributed by atoms with Crippen LogP contribution in [0.1, 0.15) is 10.4 Å². The number of carbonyl (C=O) groups is 2. The number of carbonyl (C=O) groups excluding carboxylic acids is 1. The first-order chi connectivity index (χ1) is 8.59. The van der Waals surface area contributed by atoms with Gasteiger partial charge in [0, 0.05) is 30.7 Å². The van der Waals surface area contributed by atoms with Crippen molar-refractivity contribution in [1.82, 2.24) is 9.80 Å². The Balaban J connectivity index is 2.04. The second-order valence-electron chi connectivity index (χ2n) is 4.04. The highest BCUT2D eigenvalue weighted by molar-refractivity contribution is 9.10. The van der Waals surface area contributed by atoms with Crippen molar-refractivity contribution in [3.8, 4) is 0 Å². The molecule has 2 amide bonds. The van der Waals surface area contributed by atoms with Gasteiger partial charge in [0.05, 0.1) is 5.56 Å². The molecule has 1 saturated heterocycles. The summed E-state index contributed by atoms with van der Waals surface area (Å²) in [5.41, 5.74) is 0.612. The van der Waals surface area contributed by atoms with Crippen LogP contribution in [0.2, 0.25) is 0 Å². The van der Waals surface area contributed by atoms with Crippen LogP contribution in [-0.4, -0.2) is 53.1 Å². The Kier molecular flexibility index (Phi) is 3.86. The van der Waals surface area contributed by atoms with Crippen molar-refractivity contribution in [3.63, 3.8) is 0 Å². The third-order valence-corrected chi connectivity index (χ3v) is 3.63. The Bertz CT molecular complexity index is 470. The van der Waals surface area contributed by atoms with E-state index < -0.39 is 6.09 Å². The van der Waals surface area contributed by atoms with E-state index in [1.807, 2.05) is 18.2 Å². The molecule has 18 heavy (non-hydrogen) atoms. The zero-order chi connectivity index (χ0) is 13.1. The van der Waals surface area contributed by atoms with Gasteiger partial charge in [-0.25, -0.2) is 4.79 Å². The molecule has 5 nitrogen and oxygen atoms in total. The first-order valence-corrected chi connectivity index (χ1v) is 6.40. The molecule has 0 bridgehead atoms. The summed E-state index contributed by atoms with van der Waals surface area (Å²) in [6.07, 6.45) is -0.928. The van der Waals surface area contributed by atoms with E-state index in [1.165, 1.54) is 4.90 Å². The molecule has 0 spiro atoms. The van der Waals surface area contributed by atoms with Gasteiger partial charge < -0.3 is 14.9 Å². The Morgan fingerprint density at radius 1 is 1.06 bits per heavy atom. The fourth-order valence-electron chi connectivity index (χ4n) is 1.91. The molecule has 0 aromatic heterocycles. The number of benzene rings is 1. The molecular formula is C12H13BrN2O3. The Morgan fingerprint density at radius 2 is 1.61 bits per heavy atom. The van der Waals surface area contributed by atoms with Crippen molar-refractivity contribution in [2.24, 2.45) is 0 Å². The lowest BCUT2D eigenvalue weighted by molar-refractivity contribution is 0.0624. The van der Waals surface area contributed by atoms with Crippen LogP contribution in [-0.2, 0) is 0 Å². The van der Waals surface area contributed by atoms with Crippen molar-refractivity contribution < 1.29 is 14.7 Å². The normalized spacial score (nSPS) is 15.6. The van der Waals surface area contributed by atoms with E-state index >= 15 is 0 Å². The van der Waals surface area contributed by atoms with E-state index in [1.54, 1.807) is 11.0 Å². The average molecular weight is 313 g/mol. The van der Waals surface area contributed by atoms with Crippen molar-refractivity contribution in [3.05, 3.63) is 34.3 Å². The Hall–Kier alpha value is -1.56. The largest absolute Gasteiger partial charge is 0.465 e. The van der Waals surface area contributed by atoms with E-state index in [2.05, 4.69) is 15.9 Å². The minimum Gasteiger partial charge on any atom is -0.465 e. The molecular weight excluding hydrogens is 300 g/mol. The molecule has 1 aromatic rings. The lowest BCUT2D eigenvalue weighted by Gasteiger charge is -2.33. The Morgan fingerprint density at radius 3 is 2.17 bits per heavy atom. The van der Waals surface area contributed by atoms with E-state index in [0.717, 1.165) is 4.47 Å². The molecule has 1 aliphatic rings. The van der Waals surface area contributed by atoms with Crippen molar-refractivity contribution >= 4 is 27.9 Å². The van der Waals surface area contributed by atoms with Gasteiger partial charge in [0.1, 0.15) is 0 Å². The lowest BCUT2D eigenvalue weighted by Crippen LogP contribution is -2.50. The van der Waals surface area contributed by atoms with Gasteiger partial charge in [0.25, 0.3) is 5.91 Å². The number of nitrogens with zero attached hydrogens (tertiary/aromatic N) is 2. The molecule has 0 saturated carbocycles. The second kappa shape index (κ2) is 5.39. The first-order valence-electron chi connectivity index (χ1n) is 5.61. The summed E-state index contributed by atoms with van der Waals surface area (Å²) in [5, 5.41) is 8.84. The van der Waals surface area contributed by atoms with Crippen LogP contribution in [0.3, 0.4) is 0 Å². The highest BCUT2D eigenvalue weighted by atomic mass is 79.9. The van der Waals surface area contributed by atoms with Crippen LogP contribution in [0.25, 0.3) is 0 Å². The molecule has 0 atom stereocenters. The zero-order valence-corrected chi connectivity index (χ0v) is 11.3. The van der Waals surface area contributed by atoms with Crippen molar-refractivity contribution in [1.29, 1.82) is 0 Å². The molecule has 96 valence electrons. The van der Waals surface area contributed by atoms with Crippen LogP contribution in [0, 0.1) is 0 Å². The predicted molar refractivity (Wildman–Crippen MR) is 69.6 cm³/mol. The smallest absolute Gasteiger partial charge is 0.407 e. The molecule has 1 fully saturated rings. The van der Waals surface area contributed by atoms with Crippen molar-refractivity contribution in [2.75, 3.05) is 26.2 Å². The van der Waals surface area contributed by atoms with E-state index in [-0.39, 0.29) is 5.91 Å². The molecule has 1 aliphatic heterocycles. The first kappa shape index (κ1) is 12.9. The molecule has 2 rings (SSSR count). The maximum absolute atomic E-state index is 12.2. The summed E-state index contributed by atoms with van der Waals surface area (Å²) in [5.74, 6) is -0.0625. The number of piperazine rings is 1. The predicted octanol–water partition coefficient (Wildman–Crippen LogP) is 1.88. The third kappa shape index (κ3) is 2.64. The topological polar surface area (TPSA) is 60.9 Å². The van der Waals surface area contributed by atoms with E-state index in [4.69, 9.17) is 5.11 Å². The fourth-order valence-corrected chi connectivity index (χ4v) is 2.36. The van der Waals surface area contributed by atoms with Crippen molar-refractivity contribution in [2.45, 2.75) is 0 Å². The summed E-state index contributed by atoms with van der Waals surface area (Å²) in [4.78, 5) is 26.0. The quantitative estimate of drug-likeness (QED) is 0.861. The minimum atomic E-state index is -0.928. The van der Waals surface area contributed by atoms with Gasteiger partial charge in [-0.1, -0.05) is 12.1 Å². The standard InChI is InChI=1S/C12H13BrN2O3/c13-10-4-2-1-3-9(10)11(16)14-5-7-15(8-6-14)12(17)18/h1-4H,5-8H2,(H,17,18). The molecule has 0 radical (unpaired) electrons. The van der Waals surface area contributed by atoms with Gasteiger partial charge in [-0.05, 0) is 28.1 Å². The molecule has 1 N–H and O–H groups in total. The maximum atomic E-state index is 12.2. The van der Waals surface area contributed by atoms with Gasteiger partial charge in [-0.15, -0.1) is 0 Å². The van der Waals surface area contributed by atoms with Crippen LogP contribution in [0.15, 0.2) is 28.7 Å². The van der Waals surface area contributed by atoms with Gasteiger partial charge in [0.15, 0.2) is 0 Å².